The molecule has 2 saturated heterocycles. The molecule has 6 rings (SSSR count). The summed E-state index contributed by atoms with van der Waals surface area (Å²) in [6.07, 6.45) is 3.45. The van der Waals surface area contributed by atoms with E-state index in [0.29, 0.717) is 62.9 Å². The number of fused-ring (bicyclic) bond motifs is 1. The Kier molecular flexibility index (Phi) is 9.14. The van der Waals surface area contributed by atoms with Gasteiger partial charge in [-0.25, -0.2) is 9.18 Å². The van der Waals surface area contributed by atoms with E-state index in [0.717, 1.165) is 20.8 Å². The molecule has 0 bridgehead atoms. The van der Waals surface area contributed by atoms with Crippen molar-refractivity contribution in [1.82, 2.24) is 25.1 Å². The van der Waals surface area contributed by atoms with Crippen LogP contribution in [0.5, 0.6) is 11.5 Å². The van der Waals surface area contributed by atoms with Gasteiger partial charge in [0.25, 0.3) is 5.91 Å². The molecule has 0 unspecified atom stereocenters. The quantitative estimate of drug-likeness (QED) is 0.262. The van der Waals surface area contributed by atoms with Crippen molar-refractivity contribution >= 4 is 45.1 Å². The van der Waals surface area contributed by atoms with Crippen LogP contribution in [0.2, 0.25) is 0 Å². The lowest BCUT2D eigenvalue weighted by Gasteiger charge is -2.34. The number of nitrogens with one attached hydrogen (secondary N) is 2. The zero-order valence-corrected chi connectivity index (χ0v) is 25.3. The van der Waals surface area contributed by atoms with Crippen molar-refractivity contribution in [2.24, 2.45) is 0 Å². The van der Waals surface area contributed by atoms with Crippen LogP contribution in [0, 0.1) is 5.82 Å². The molecule has 3 aromatic heterocycles. The first-order valence-corrected chi connectivity index (χ1v) is 15.2. The molecule has 0 atom stereocenters. The highest BCUT2D eigenvalue weighted by Crippen LogP contribution is 2.39. The third kappa shape index (κ3) is 7.53. The summed E-state index contributed by atoms with van der Waals surface area (Å²) in [5.41, 5.74) is 2.83. The number of rotatable bonds is 9. The third-order valence-electron chi connectivity index (χ3n) is 7.37. The van der Waals surface area contributed by atoms with Gasteiger partial charge in [-0.1, -0.05) is 6.07 Å². The second-order valence-electron chi connectivity index (χ2n) is 10.7. The molecule has 2 aliphatic rings. The van der Waals surface area contributed by atoms with E-state index >= 15 is 0 Å². The summed E-state index contributed by atoms with van der Waals surface area (Å²) >= 11 is 1.45. The van der Waals surface area contributed by atoms with Gasteiger partial charge < -0.3 is 29.7 Å². The van der Waals surface area contributed by atoms with Crippen molar-refractivity contribution in [2.45, 2.75) is 19.5 Å². The van der Waals surface area contributed by atoms with E-state index in [9.17, 15) is 18.8 Å². The number of halogens is 1. The zero-order chi connectivity index (χ0) is 31.3. The Labute approximate surface area is 262 Å². The Balaban J connectivity index is 1.07. The third-order valence-corrected chi connectivity index (χ3v) is 8.53. The van der Waals surface area contributed by atoms with Crippen LogP contribution in [0.25, 0.3) is 20.8 Å². The number of hydrogen-bond acceptors (Lipinski definition) is 10. The number of benzene rings is 1. The minimum atomic E-state index is -0.617. The van der Waals surface area contributed by atoms with E-state index in [1.54, 1.807) is 23.2 Å². The molecule has 2 N–H and O–H groups in total. The average molecular weight is 635 g/mol. The van der Waals surface area contributed by atoms with Crippen molar-refractivity contribution in [1.29, 1.82) is 0 Å². The molecule has 234 valence electrons. The number of nitrogens with zero attached hydrogens (tertiary/aromatic N) is 4. The monoisotopic (exact) mass is 634 g/mol. The Morgan fingerprint density at radius 1 is 1.04 bits per heavy atom. The predicted molar refractivity (Wildman–Crippen MR) is 165 cm³/mol. The molecule has 1 aromatic carbocycles. The summed E-state index contributed by atoms with van der Waals surface area (Å²) < 4.78 is 31.5. The molecule has 0 radical (unpaired) electrons. The maximum Gasteiger partial charge on any atom is 0.319 e. The molecule has 45 heavy (non-hydrogen) atoms. The van der Waals surface area contributed by atoms with E-state index in [-0.39, 0.29) is 24.3 Å². The molecule has 2 aliphatic heterocycles. The van der Waals surface area contributed by atoms with Crippen LogP contribution in [0.4, 0.5) is 14.9 Å². The van der Waals surface area contributed by atoms with Gasteiger partial charge in [-0.15, -0.1) is 11.3 Å². The topological polar surface area (TPSA) is 135 Å². The van der Waals surface area contributed by atoms with Crippen molar-refractivity contribution in [3.05, 3.63) is 66.2 Å². The second kappa shape index (κ2) is 13.5. The molecular weight excluding hydrogens is 603 g/mol. The van der Waals surface area contributed by atoms with E-state index in [1.165, 1.54) is 30.4 Å². The van der Waals surface area contributed by atoms with Crippen LogP contribution in [-0.4, -0.2) is 89.7 Å². The van der Waals surface area contributed by atoms with Crippen molar-refractivity contribution in [2.75, 3.05) is 51.3 Å². The molecule has 3 amide bonds. The highest BCUT2D eigenvalue weighted by atomic mass is 32.1. The fourth-order valence-corrected chi connectivity index (χ4v) is 5.95. The zero-order valence-electron chi connectivity index (χ0n) is 24.5. The van der Waals surface area contributed by atoms with Crippen LogP contribution >= 0.6 is 11.3 Å². The lowest BCUT2D eigenvalue weighted by Crippen LogP contribution is -2.49. The van der Waals surface area contributed by atoms with Gasteiger partial charge in [-0.2, -0.15) is 0 Å². The summed E-state index contributed by atoms with van der Waals surface area (Å²) in [6, 6.07) is 11.4. The predicted octanol–water partition coefficient (Wildman–Crippen LogP) is 4.02. The van der Waals surface area contributed by atoms with Gasteiger partial charge in [-0.3, -0.25) is 24.5 Å². The Bertz CT molecular complexity index is 1700. The summed E-state index contributed by atoms with van der Waals surface area (Å²) in [4.78, 5) is 49.2. The molecule has 5 heterocycles. The van der Waals surface area contributed by atoms with Gasteiger partial charge >= 0.3 is 12.0 Å². The molecule has 4 aromatic rings. The number of urea groups is 1. The van der Waals surface area contributed by atoms with Crippen LogP contribution in [-0.2, 0) is 25.6 Å². The van der Waals surface area contributed by atoms with Crippen molar-refractivity contribution < 1.29 is 33.0 Å². The smallest absolute Gasteiger partial charge is 0.319 e. The van der Waals surface area contributed by atoms with E-state index < -0.39 is 17.8 Å². The number of ether oxygens (including phenoxy) is 3. The molecule has 0 aliphatic carbocycles. The lowest BCUT2D eigenvalue weighted by atomic mass is 10.2. The Morgan fingerprint density at radius 3 is 2.56 bits per heavy atom. The van der Waals surface area contributed by atoms with Crippen LogP contribution in [0.1, 0.15) is 12.5 Å². The van der Waals surface area contributed by atoms with Crippen LogP contribution in [0.3, 0.4) is 0 Å². The highest BCUT2D eigenvalue weighted by molar-refractivity contribution is 7.22. The number of hydrogen-bond donors (Lipinski definition) is 2. The van der Waals surface area contributed by atoms with Gasteiger partial charge in [0, 0.05) is 69.9 Å². The molecule has 0 saturated carbocycles. The number of piperazine rings is 1. The molecule has 12 nitrogen and oxygen atoms in total. The van der Waals surface area contributed by atoms with E-state index in [4.69, 9.17) is 14.2 Å². The van der Waals surface area contributed by atoms with E-state index in [1.807, 2.05) is 24.4 Å². The fourth-order valence-electron chi connectivity index (χ4n) is 4.90. The second-order valence-corrected chi connectivity index (χ2v) is 11.8. The lowest BCUT2D eigenvalue weighted by molar-refractivity contribution is -0.151. The maximum absolute atomic E-state index is 14.9. The minimum Gasteiger partial charge on any atom is -0.456 e. The summed E-state index contributed by atoms with van der Waals surface area (Å²) in [5, 5.41) is 5.36. The number of esters is 1. The van der Waals surface area contributed by atoms with E-state index in [2.05, 4.69) is 25.5 Å². The number of carbonyl (C=O) groups excluding carboxylic acids is 3. The minimum absolute atomic E-state index is 0.0212. The molecule has 2 fully saturated rings. The number of carbonyl (C=O) groups is 3. The SMILES string of the molecule is CC(=O)OCC(=O)N1CCN(Cc2ccc(-c3cc4nccc(Oc5ccc(NC(=O)NC6COC6)cc5F)c4s3)nc2)CC1. The van der Waals surface area contributed by atoms with Crippen molar-refractivity contribution in [3.63, 3.8) is 0 Å². The van der Waals surface area contributed by atoms with Gasteiger partial charge in [0.15, 0.2) is 18.2 Å². The first kappa shape index (κ1) is 30.4. The average Bonchev–Trinajstić information content (AvgIpc) is 3.45. The van der Waals surface area contributed by atoms with Crippen molar-refractivity contribution in [3.8, 4) is 22.1 Å². The molecule has 14 heteroatoms. The number of amides is 3. The maximum atomic E-state index is 14.9. The summed E-state index contributed by atoms with van der Waals surface area (Å²) in [6.45, 7) is 5.26. The summed E-state index contributed by atoms with van der Waals surface area (Å²) in [7, 11) is 0. The van der Waals surface area contributed by atoms with Crippen LogP contribution in [0.15, 0.2) is 54.9 Å². The number of aromatic nitrogens is 2. The Morgan fingerprint density at radius 2 is 1.87 bits per heavy atom. The standard InChI is InChI=1S/C31H31FN6O6S/c1-19(39)43-18-29(40)38-10-8-37(9-11-38)15-20-2-4-24(34-14-20)28-13-25-30(45-28)27(6-7-33-25)44-26-5-3-21(12-23(26)32)35-31(41)36-22-16-42-17-22/h2-7,12-14,22H,8-11,15-18H2,1H3,(H2,35,36,41). The number of anilines is 1. The van der Waals surface area contributed by atoms with Gasteiger partial charge in [0.05, 0.1) is 40.0 Å². The van der Waals surface area contributed by atoms with Gasteiger partial charge in [-0.05, 0) is 29.8 Å². The van der Waals surface area contributed by atoms with Gasteiger partial charge in [0.2, 0.25) is 0 Å². The first-order valence-electron chi connectivity index (χ1n) is 14.4. The van der Waals surface area contributed by atoms with Gasteiger partial charge in [0.1, 0.15) is 5.75 Å². The molecular formula is C31H31FN6O6S. The first-order chi connectivity index (χ1) is 21.8. The Hall–Kier alpha value is -4.66. The normalized spacial score (nSPS) is 15.4. The van der Waals surface area contributed by atoms with Crippen LogP contribution < -0.4 is 15.4 Å². The summed E-state index contributed by atoms with van der Waals surface area (Å²) in [5.74, 6) is -0.783. The number of pyridine rings is 2. The fraction of sp³-hybridized carbons (Fsp3) is 0.323. The highest BCUT2D eigenvalue weighted by Gasteiger charge is 2.23. The number of thiophene rings is 1. The largest absolute Gasteiger partial charge is 0.456 e. The molecule has 0 spiro atoms.